The van der Waals surface area contributed by atoms with Gasteiger partial charge in [0.1, 0.15) is 0 Å². The molecule has 0 aromatic carbocycles. The van der Waals surface area contributed by atoms with Gasteiger partial charge in [-0.3, -0.25) is 4.90 Å². The van der Waals surface area contributed by atoms with Crippen molar-refractivity contribution >= 4 is 11.3 Å². The molecule has 0 N–H and O–H groups in total. The van der Waals surface area contributed by atoms with Crippen molar-refractivity contribution < 1.29 is 4.52 Å². The van der Waals surface area contributed by atoms with E-state index in [2.05, 4.69) is 50.9 Å². The quantitative estimate of drug-likeness (QED) is 0.841. The molecule has 5 nitrogen and oxygen atoms in total. The van der Waals surface area contributed by atoms with Gasteiger partial charge in [-0.15, -0.1) is 0 Å². The number of nitrogens with zero attached hydrogens (tertiary/aromatic N) is 4. The molecule has 108 valence electrons. The van der Waals surface area contributed by atoms with Crippen molar-refractivity contribution in [2.75, 3.05) is 27.2 Å². The lowest BCUT2D eigenvalue weighted by Gasteiger charge is -2.19. The van der Waals surface area contributed by atoms with Crippen LogP contribution in [0.1, 0.15) is 23.7 Å². The molecule has 0 aliphatic carbocycles. The van der Waals surface area contributed by atoms with Gasteiger partial charge in [-0.1, -0.05) is 5.16 Å². The van der Waals surface area contributed by atoms with Gasteiger partial charge in [0.25, 0.3) is 0 Å². The molecule has 2 aromatic rings. The third-order valence-corrected chi connectivity index (χ3v) is 4.52. The van der Waals surface area contributed by atoms with E-state index in [4.69, 9.17) is 4.52 Å². The second-order valence-electron chi connectivity index (χ2n) is 5.55. The normalized spacial score (nSPS) is 20.1. The number of thiophene rings is 1. The molecular weight excluding hydrogens is 272 g/mol. The zero-order chi connectivity index (χ0) is 13.9. The highest BCUT2D eigenvalue weighted by atomic mass is 32.1. The molecule has 0 bridgehead atoms. The summed E-state index contributed by atoms with van der Waals surface area (Å²) in [5.74, 6) is 1.51. The van der Waals surface area contributed by atoms with Crippen LogP contribution < -0.4 is 0 Å². The van der Waals surface area contributed by atoms with Gasteiger partial charge in [-0.25, -0.2) is 0 Å². The molecule has 1 fully saturated rings. The maximum atomic E-state index is 5.36. The van der Waals surface area contributed by atoms with E-state index in [1.165, 1.54) is 12.0 Å². The van der Waals surface area contributed by atoms with E-state index in [0.29, 0.717) is 6.04 Å². The molecule has 3 heterocycles. The summed E-state index contributed by atoms with van der Waals surface area (Å²) < 4.78 is 5.36. The van der Waals surface area contributed by atoms with Crippen LogP contribution in [0.5, 0.6) is 0 Å². The molecule has 1 aliphatic rings. The van der Waals surface area contributed by atoms with Gasteiger partial charge in [-0.05, 0) is 42.9 Å². The van der Waals surface area contributed by atoms with Gasteiger partial charge in [0.05, 0.1) is 6.54 Å². The lowest BCUT2D eigenvalue weighted by Crippen LogP contribution is -2.31. The van der Waals surface area contributed by atoms with Gasteiger partial charge in [0, 0.05) is 25.6 Å². The van der Waals surface area contributed by atoms with Crippen molar-refractivity contribution in [3.8, 4) is 0 Å². The molecule has 20 heavy (non-hydrogen) atoms. The molecular formula is C14H20N4OS. The Kier molecular flexibility index (Phi) is 4.14. The fourth-order valence-electron chi connectivity index (χ4n) is 2.57. The summed E-state index contributed by atoms with van der Waals surface area (Å²) in [6.45, 7) is 2.95. The summed E-state index contributed by atoms with van der Waals surface area (Å²) in [5, 5.41) is 8.26. The Hall–Kier alpha value is -1.24. The molecule has 0 amide bonds. The highest BCUT2D eigenvalue weighted by Gasteiger charge is 2.25. The summed E-state index contributed by atoms with van der Waals surface area (Å²) in [4.78, 5) is 9.16. The van der Waals surface area contributed by atoms with Crippen LogP contribution in [0.25, 0.3) is 0 Å². The van der Waals surface area contributed by atoms with E-state index in [9.17, 15) is 0 Å². The Balaban J connectivity index is 1.55. The molecule has 3 rings (SSSR count). The number of likely N-dealkylation sites (N-methyl/N-ethyl adjacent to an activating group) is 1. The van der Waals surface area contributed by atoms with E-state index < -0.39 is 0 Å². The van der Waals surface area contributed by atoms with E-state index in [0.717, 1.165) is 37.8 Å². The molecule has 6 heteroatoms. The number of likely N-dealkylation sites (tertiary alicyclic amines) is 1. The highest BCUT2D eigenvalue weighted by Crippen LogP contribution is 2.16. The Morgan fingerprint density at radius 2 is 2.40 bits per heavy atom. The largest absolute Gasteiger partial charge is 0.338 e. The van der Waals surface area contributed by atoms with Gasteiger partial charge in [-0.2, -0.15) is 16.3 Å². The van der Waals surface area contributed by atoms with Crippen molar-refractivity contribution in [3.05, 3.63) is 34.1 Å². The minimum Gasteiger partial charge on any atom is -0.338 e. The van der Waals surface area contributed by atoms with E-state index in [-0.39, 0.29) is 0 Å². The summed E-state index contributed by atoms with van der Waals surface area (Å²) in [6.07, 6.45) is 1.97. The minimum absolute atomic E-state index is 0.642. The molecule has 0 radical (unpaired) electrons. The summed E-state index contributed by atoms with van der Waals surface area (Å²) in [7, 11) is 4.28. The lowest BCUT2D eigenvalue weighted by molar-refractivity contribution is 0.238. The fourth-order valence-corrected chi connectivity index (χ4v) is 3.24. The van der Waals surface area contributed by atoms with Gasteiger partial charge in [0.15, 0.2) is 5.82 Å². The number of hydrogen-bond donors (Lipinski definition) is 0. The van der Waals surface area contributed by atoms with Gasteiger partial charge < -0.3 is 9.42 Å². The number of aromatic nitrogens is 2. The number of rotatable bonds is 5. The van der Waals surface area contributed by atoms with Crippen molar-refractivity contribution in [2.45, 2.75) is 25.4 Å². The van der Waals surface area contributed by atoms with E-state index in [1.807, 2.05) is 0 Å². The first-order valence-electron chi connectivity index (χ1n) is 6.92. The van der Waals surface area contributed by atoms with Crippen molar-refractivity contribution in [2.24, 2.45) is 0 Å². The predicted molar refractivity (Wildman–Crippen MR) is 78.8 cm³/mol. The molecule has 1 aliphatic heterocycles. The van der Waals surface area contributed by atoms with Gasteiger partial charge in [0.2, 0.25) is 5.89 Å². The molecule has 2 aromatic heterocycles. The summed E-state index contributed by atoms with van der Waals surface area (Å²) >= 11 is 1.70. The first-order chi connectivity index (χ1) is 9.70. The lowest BCUT2D eigenvalue weighted by atomic mass is 10.2. The second-order valence-corrected chi connectivity index (χ2v) is 6.33. The molecule has 1 atom stereocenters. The second kappa shape index (κ2) is 6.03. The van der Waals surface area contributed by atoms with Crippen molar-refractivity contribution in [3.63, 3.8) is 0 Å². The predicted octanol–water partition coefficient (Wildman–Crippen LogP) is 1.86. The third-order valence-electron chi connectivity index (χ3n) is 3.79. The van der Waals surface area contributed by atoms with E-state index in [1.54, 1.807) is 11.3 Å². The van der Waals surface area contributed by atoms with Crippen LogP contribution in [-0.2, 0) is 13.0 Å². The Bertz CT molecular complexity index is 537. The molecule has 1 saturated heterocycles. The highest BCUT2D eigenvalue weighted by molar-refractivity contribution is 7.07. The van der Waals surface area contributed by atoms with Crippen LogP contribution in [-0.4, -0.2) is 53.2 Å². The Morgan fingerprint density at radius 3 is 3.10 bits per heavy atom. The smallest absolute Gasteiger partial charge is 0.240 e. The SMILES string of the molecule is CN(C)[C@@H]1CCN(Cc2nc(Cc3ccsc3)no2)C1. The van der Waals surface area contributed by atoms with Crippen molar-refractivity contribution in [1.82, 2.24) is 19.9 Å². The minimum atomic E-state index is 0.642. The van der Waals surface area contributed by atoms with Crippen molar-refractivity contribution in [1.29, 1.82) is 0 Å². The third kappa shape index (κ3) is 3.26. The van der Waals surface area contributed by atoms with Crippen LogP contribution in [0.2, 0.25) is 0 Å². The average Bonchev–Trinajstić information content (AvgIpc) is 3.12. The number of hydrogen-bond acceptors (Lipinski definition) is 6. The summed E-state index contributed by atoms with van der Waals surface area (Å²) in [6, 6.07) is 2.74. The first-order valence-corrected chi connectivity index (χ1v) is 7.86. The average molecular weight is 292 g/mol. The monoisotopic (exact) mass is 292 g/mol. The topological polar surface area (TPSA) is 45.4 Å². The zero-order valence-electron chi connectivity index (χ0n) is 12.0. The zero-order valence-corrected chi connectivity index (χ0v) is 12.8. The summed E-state index contributed by atoms with van der Waals surface area (Å²) in [5.41, 5.74) is 1.25. The van der Waals surface area contributed by atoms with Crippen LogP contribution in [0.4, 0.5) is 0 Å². The van der Waals surface area contributed by atoms with Gasteiger partial charge >= 0.3 is 0 Å². The van der Waals surface area contributed by atoms with E-state index >= 15 is 0 Å². The van der Waals surface area contributed by atoms with Crippen LogP contribution in [0.15, 0.2) is 21.3 Å². The maximum absolute atomic E-state index is 5.36. The maximum Gasteiger partial charge on any atom is 0.240 e. The molecule has 0 unspecified atom stereocenters. The molecule has 0 saturated carbocycles. The first kappa shape index (κ1) is 13.7. The fraction of sp³-hybridized carbons (Fsp3) is 0.571. The van der Waals surface area contributed by atoms with Crippen LogP contribution in [0, 0.1) is 0 Å². The Labute approximate surface area is 123 Å². The van der Waals surface area contributed by atoms with Crippen LogP contribution >= 0.6 is 11.3 Å². The van der Waals surface area contributed by atoms with Crippen LogP contribution in [0.3, 0.4) is 0 Å². The Morgan fingerprint density at radius 1 is 1.50 bits per heavy atom. The molecule has 0 spiro atoms. The standard InChI is InChI=1S/C14H20N4OS/c1-17(2)12-3-5-18(8-12)9-14-15-13(16-19-14)7-11-4-6-20-10-11/h4,6,10,12H,3,5,7-9H2,1-2H3/t12-/m1/s1.